The molecule has 0 amide bonds. The van der Waals surface area contributed by atoms with Gasteiger partial charge in [0.05, 0.1) is 0 Å². The van der Waals surface area contributed by atoms with Crippen molar-refractivity contribution in [3.05, 3.63) is 91.0 Å². The maximum atomic E-state index is 4.97. The van der Waals surface area contributed by atoms with Gasteiger partial charge in [0.2, 0.25) is 0 Å². The van der Waals surface area contributed by atoms with Crippen molar-refractivity contribution in [2.75, 3.05) is 43.4 Å². The highest BCUT2D eigenvalue weighted by molar-refractivity contribution is 5.86. The first-order valence-corrected chi connectivity index (χ1v) is 12.2. The number of benzene rings is 2. The first-order chi connectivity index (χ1) is 17.7. The first kappa shape index (κ1) is 22.2. The number of imidazole rings is 1. The van der Waals surface area contributed by atoms with E-state index in [0.29, 0.717) is 18.2 Å². The van der Waals surface area contributed by atoms with Gasteiger partial charge < -0.3 is 15.1 Å². The normalized spacial score (nSPS) is 14.3. The molecule has 1 N–H and O–H groups in total. The van der Waals surface area contributed by atoms with Gasteiger partial charge >= 0.3 is 0 Å². The second-order valence-electron chi connectivity index (χ2n) is 9.07. The largest absolute Gasteiger partial charge is 0.369 e. The van der Waals surface area contributed by atoms with Crippen molar-refractivity contribution in [3.63, 3.8) is 0 Å². The Bertz CT molecular complexity index is 1440. The van der Waals surface area contributed by atoms with Crippen LogP contribution in [0.5, 0.6) is 0 Å². The summed E-state index contributed by atoms with van der Waals surface area (Å²) in [5.41, 5.74) is 5.79. The summed E-state index contributed by atoms with van der Waals surface area (Å²) in [6, 6.07) is 22.7. The summed E-state index contributed by atoms with van der Waals surface area (Å²) in [4.78, 5) is 23.6. The minimum absolute atomic E-state index is 0.597. The summed E-state index contributed by atoms with van der Waals surface area (Å²) in [6.45, 7) is 4.84. The van der Waals surface area contributed by atoms with Crippen LogP contribution in [-0.4, -0.2) is 62.6 Å². The van der Waals surface area contributed by atoms with Gasteiger partial charge in [-0.1, -0.05) is 24.3 Å². The van der Waals surface area contributed by atoms with Crippen molar-refractivity contribution in [1.29, 1.82) is 0 Å². The highest BCUT2D eigenvalue weighted by Crippen LogP contribution is 2.28. The third kappa shape index (κ3) is 4.50. The number of hydrogen-bond acceptors (Lipinski definition) is 7. The zero-order valence-electron chi connectivity index (χ0n) is 20.2. The number of fused-ring (bicyclic) bond motifs is 1. The molecule has 1 fully saturated rings. The molecule has 1 aliphatic rings. The Morgan fingerprint density at radius 1 is 0.833 bits per heavy atom. The number of pyridine rings is 1. The standard InChI is InChI=1S/C28H28N8/c1-34-14-16-35(17-15-34)23-11-9-22(10-12-23)26-32-27(30-19-21-6-5-13-29-18-21)25-28(33-26)36(20-31-25)24-7-3-2-4-8-24/h2-13,18,20H,14-17,19H2,1H3,(H,30,32,33). The Morgan fingerprint density at radius 3 is 2.39 bits per heavy atom. The molecular formula is C28H28N8. The molecule has 4 heterocycles. The highest BCUT2D eigenvalue weighted by Gasteiger charge is 2.17. The average Bonchev–Trinajstić information content (AvgIpc) is 3.38. The molecule has 8 heteroatoms. The Hall–Kier alpha value is -4.30. The molecule has 0 unspecified atom stereocenters. The Morgan fingerprint density at radius 2 is 1.64 bits per heavy atom. The lowest BCUT2D eigenvalue weighted by Gasteiger charge is -2.34. The molecule has 36 heavy (non-hydrogen) atoms. The molecule has 1 saturated heterocycles. The van der Waals surface area contributed by atoms with Gasteiger partial charge in [-0.25, -0.2) is 15.0 Å². The molecule has 6 rings (SSSR count). The van der Waals surface area contributed by atoms with Crippen LogP contribution in [-0.2, 0) is 6.54 Å². The zero-order valence-corrected chi connectivity index (χ0v) is 20.2. The monoisotopic (exact) mass is 476 g/mol. The number of rotatable bonds is 6. The predicted octanol–water partition coefficient (Wildman–Crippen LogP) is 4.24. The highest BCUT2D eigenvalue weighted by atomic mass is 15.2. The maximum Gasteiger partial charge on any atom is 0.170 e. The number of nitrogens with zero attached hydrogens (tertiary/aromatic N) is 7. The van der Waals surface area contributed by atoms with E-state index in [9.17, 15) is 0 Å². The van der Waals surface area contributed by atoms with Gasteiger partial charge in [-0.15, -0.1) is 0 Å². The van der Waals surface area contributed by atoms with Crippen LogP contribution in [0.3, 0.4) is 0 Å². The lowest BCUT2D eigenvalue weighted by Crippen LogP contribution is -2.44. The number of hydrogen-bond donors (Lipinski definition) is 1. The van der Waals surface area contributed by atoms with Gasteiger partial charge in [0, 0.05) is 62.1 Å². The summed E-state index contributed by atoms with van der Waals surface area (Å²) in [5, 5.41) is 3.47. The van der Waals surface area contributed by atoms with Crippen molar-refractivity contribution in [2.24, 2.45) is 0 Å². The average molecular weight is 477 g/mol. The van der Waals surface area contributed by atoms with Gasteiger partial charge in [-0.3, -0.25) is 9.55 Å². The Labute approximate surface area is 210 Å². The molecular weight excluding hydrogens is 448 g/mol. The van der Waals surface area contributed by atoms with Crippen molar-refractivity contribution in [3.8, 4) is 17.1 Å². The fourth-order valence-corrected chi connectivity index (χ4v) is 4.50. The molecule has 0 aliphatic carbocycles. The fourth-order valence-electron chi connectivity index (χ4n) is 4.50. The molecule has 0 radical (unpaired) electrons. The number of nitrogens with one attached hydrogen (secondary N) is 1. The van der Waals surface area contributed by atoms with Crippen LogP contribution in [0.15, 0.2) is 85.5 Å². The van der Waals surface area contributed by atoms with Crippen LogP contribution in [0.1, 0.15) is 5.56 Å². The smallest absolute Gasteiger partial charge is 0.170 e. The van der Waals surface area contributed by atoms with Gasteiger partial charge in [0.25, 0.3) is 0 Å². The maximum absolute atomic E-state index is 4.97. The van der Waals surface area contributed by atoms with Gasteiger partial charge in [0.1, 0.15) is 6.33 Å². The topological polar surface area (TPSA) is 75.0 Å². The van der Waals surface area contributed by atoms with Crippen LogP contribution in [0.2, 0.25) is 0 Å². The molecule has 0 bridgehead atoms. The summed E-state index contributed by atoms with van der Waals surface area (Å²) >= 11 is 0. The van der Waals surface area contributed by atoms with E-state index in [2.05, 4.69) is 68.5 Å². The number of aromatic nitrogens is 5. The molecule has 2 aromatic carbocycles. The summed E-state index contributed by atoms with van der Waals surface area (Å²) in [5.74, 6) is 1.37. The third-order valence-electron chi connectivity index (χ3n) is 6.61. The summed E-state index contributed by atoms with van der Waals surface area (Å²) < 4.78 is 2.01. The number of anilines is 2. The van der Waals surface area contributed by atoms with Gasteiger partial charge in [-0.05, 0) is 55.1 Å². The minimum atomic E-state index is 0.597. The van der Waals surface area contributed by atoms with Crippen molar-refractivity contribution >= 4 is 22.7 Å². The number of para-hydroxylation sites is 1. The number of likely N-dealkylation sites (N-methyl/N-ethyl adjacent to an activating group) is 1. The van der Waals surface area contributed by atoms with E-state index in [1.807, 2.05) is 47.4 Å². The molecule has 180 valence electrons. The van der Waals surface area contributed by atoms with Gasteiger partial charge in [-0.2, -0.15) is 0 Å². The van der Waals surface area contributed by atoms with Crippen LogP contribution in [0, 0.1) is 0 Å². The van der Waals surface area contributed by atoms with Crippen molar-refractivity contribution in [1.82, 2.24) is 29.4 Å². The van der Waals surface area contributed by atoms with Crippen LogP contribution in [0.4, 0.5) is 11.5 Å². The van der Waals surface area contributed by atoms with Crippen molar-refractivity contribution < 1.29 is 0 Å². The van der Waals surface area contributed by atoms with Crippen LogP contribution >= 0.6 is 0 Å². The number of piperazine rings is 1. The Balaban J connectivity index is 1.37. The van der Waals surface area contributed by atoms with E-state index < -0.39 is 0 Å². The second kappa shape index (κ2) is 9.75. The van der Waals surface area contributed by atoms with E-state index in [-0.39, 0.29) is 0 Å². The predicted molar refractivity (Wildman–Crippen MR) is 143 cm³/mol. The molecule has 8 nitrogen and oxygen atoms in total. The van der Waals surface area contributed by atoms with Crippen LogP contribution in [0.25, 0.3) is 28.2 Å². The molecule has 1 aliphatic heterocycles. The molecule has 0 saturated carbocycles. The quantitative estimate of drug-likeness (QED) is 0.393. The zero-order chi connectivity index (χ0) is 24.3. The van der Waals surface area contributed by atoms with E-state index >= 15 is 0 Å². The van der Waals surface area contributed by atoms with E-state index in [1.54, 1.807) is 6.20 Å². The molecule has 0 atom stereocenters. The SMILES string of the molecule is CN1CCN(c2ccc(-c3nc(NCc4cccnc4)c4ncn(-c5ccccc5)c4n3)cc2)CC1. The lowest BCUT2D eigenvalue weighted by atomic mass is 10.1. The minimum Gasteiger partial charge on any atom is -0.369 e. The molecule has 5 aromatic rings. The lowest BCUT2D eigenvalue weighted by molar-refractivity contribution is 0.313. The molecule has 3 aromatic heterocycles. The fraction of sp³-hybridized carbons (Fsp3) is 0.214. The van der Waals surface area contributed by atoms with E-state index in [0.717, 1.165) is 54.2 Å². The molecule has 0 spiro atoms. The van der Waals surface area contributed by atoms with Crippen LogP contribution < -0.4 is 10.2 Å². The summed E-state index contributed by atoms with van der Waals surface area (Å²) in [6.07, 6.45) is 5.44. The Kier molecular flexibility index (Phi) is 6.01. The van der Waals surface area contributed by atoms with E-state index in [1.165, 1.54) is 5.69 Å². The van der Waals surface area contributed by atoms with E-state index in [4.69, 9.17) is 9.97 Å². The second-order valence-corrected chi connectivity index (χ2v) is 9.07. The van der Waals surface area contributed by atoms with Crippen molar-refractivity contribution in [2.45, 2.75) is 6.54 Å². The van der Waals surface area contributed by atoms with Gasteiger partial charge in [0.15, 0.2) is 22.8 Å². The first-order valence-electron chi connectivity index (χ1n) is 12.2. The summed E-state index contributed by atoms with van der Waals surface area (Å²) in [7, 11) is 2.17. The third-order valence-corrected chi connectivity index (χ3v) is 6.61.